The number of hydrogen-bond acceptors (Lipinski definition) is 3. The summed E-state index contributed by atoms with van der Waals surface area (Å²) in [6, 6.07) is 18.8. The van der Waals surface area contributed by atoms with E-state index in [2.05, 4.69) is 69.4 Å². The number of nitrogens with zero attached hydrogens (tertiary/aromatic N) is 2. The molecule has 0 bridgehead atoms. The number of benzene rings is 3. The van der Waals surface area contributed by atoms with Crippen LogP contribution >= 0.6 is 0 Å². The second-order valence-electron chi connectivity index (χ2n) is 9.46. The SMILES string of the molecule is CCCC(c1ccc(-c2c(C)cc(C)cc2C)cc1)n1ncc2cc(C(=O)NCCC(=O)O)ccc21. The Bertz CT molecular complexity index is 1380. The van der Waals surface area contributed by atoms with E-state index in [9.17, 15) is 9.59 Å². The molecule has 0 spiro atoms. The van der Waals surface area contributed by atoms with Crippen molar-refractivity contribution in [2.24, 2.45) is 0 Å². The molecule has 4 rings (SSSR count). The van der Waals surface area contributed by atoms with E-state index in [1.165, 1.54) is 33.4 Å². The fourth-order valence-electron chi connectivity index (χ4n) is 5.04. The maximum atomic E-state index is 12.4. The molecule has 0 saturated heterocycles. The van der Waals surface area contributed by atoms with Crippen molar-refractivity contribution in [3.63, 3.8) is 0 Å². The Balaban J connectivity index is 1.62. The number of carbonyl (C=O) groups is 2. The number of carboxylic acids is 1. The quantitative estimate of drug-likeness (QED) is 0.296. The van der Waals surface area contributed by atoms with Crippen LogP contribution in [0.5, 0.6) is 0 Å². The Morgan fingerprint density at radius 2 is 1.69 bits per heavy atom. The Kier molecular flexibility index (Phi) is 7.53. The van der Waals surface area contributed by atoms with Crippen LogP contribution < -0.4 is 5.32 Å². The lowest BCUT2D eigenvalue weighted by atomic mass is 9.92. The van der Waals surface area contributed by atoms with E-state index in [0.29, 0.717) is 5.56 Å². The summed E-state index contributed by atoms with van der Waals surface area (Å²) < 4.78 is 2.04. The average Bonchev–Trinajstić information content (AvgIpc) is 3.25. The largest absolute Gasteiger partial charge is 0.481 e. The highest BCUT2D eigenvalue weighted by molar-refractivity contribution is 5.98. The van der Waals surface area contributed by atoms with Crippen molar-refractivity contribution in [3.8, 4) is 11.1 Å². The summed E-state index contributed by atoms with van der Waals surface area (Å²) in [6.45, 7) is 8.73. The minimum Gasteiger partial charge on any atom is -0.481 e. The summed E-state index contributed by atoms with van der Waals surface area (Å²) in [5, 5.41) is 17.0. The zero-order valence-corrected chi connectivity index (χ0v) is 21.3. The molecule has 0 radical (unpaired) electrons. The van der Waals surface area contributed by atoms with Gasteiger partial charge in [-0.1, -0.05) is 55.3 Å². The Morgan fingerprint density at radius 3 is 2.33 bits per heavy atom. The number of aryl methyl sites for hydroxylation is 3. The summed E-state index contributed by atoms with van der Waals surface area (Å²) in [4.78, 5) is 23.1. The van der Waals surface area contributed by atoms with Crippen LogP contribution in [0.3, 0.4) is 0 Å². The molecule has 1 atom stereocenters. The Labute approximate surface area is 212 Å². The van der Waals surface area contributed by atoms with Crippen molar-refractivity contribution in [2.75, 3.05) is 6.54 Å². The van der Waals surface area contributed by atoms with E-state index >= 15 is 0 Å². The number of nitrogens with one attached hydrogen (secondary N) is 1. The van der Waals surface area contributed by atoms with Gasteiger partial charge in [0.1, 0.15) is 0 Å². The van der Waals surface area contributed by atoms with E-state index in [1.807, 2.05) is 16.8 Å². The number of aliphatic carboxylic acids is 1. The molecule has 1 aromatic heterocycles. The number of fused-ring (bicyclic) bond motifs is 1. The summed E-state index contributed by atoms with van der Waals surface area (Å²) in [7, 11) is 0. The maximum Gasteiger partial charge on any atom is 0.305 e. The van der Waals surface area contributed by atoms with Gasteiger partial charge in [-0.3, -0.25) is 14.3 Å². The zero-order chi connectivity index (χ0) is 25.8. The van der Waals surface area contributed by atoms with Crippen LogP contribution in [0, 0.1) is 20.8 Å². The standard InChI is InChI=1S/C30H33N3O3/c1-5-6-26(22-7-9-23(10-8-22)29-20(3)15-19(2)16-21(29)4)33-27-12-11-24(17-25(27)18-32-33)30(36)31-14-13-28(34)35/h7-12,15-18,26H,5-6,13-14H2,1-4H3,(H,31,36)(H,34,35). The normalized spacial score (nSPS) is 12.0. The molecule has 186 valence electrons. The lowest BCUT2D eigenvalue weighted by molar-refractivity contribution is -0.136. The van der Waals surface area contributed by atoms with Crippen molar-refractivity contribution >= 4 is 22.8 Å². The number of carbonyl (C=O) groups excluding carboxylic acids is 1. The predicted octanol–water partition coefficient (Wildman–Crippen LogP) is 6.22. The fourth-order valence-corrected chi connectivity index (χ4v) is 5.04. The molecule has 1 unspecified atom stereocenters. The molecule has 0 fully saturated rings. The first kappa shape index (κ1) is 25.2. The number of hydrogen-bond donors (Lipinski definition) is 2. The smallest absolute Gasteiger partial charge is 0.305 e. The molecule has 1 heterocycles. The highest BCUT2D eigenvalue weighted by Crippen LogP contribution is 2.32. The first-order valence-corrected chi connectivity index (χ1v) is 12.4. The van der Waals surface area contributed by atoms with Crippen LogP contribution in [0.1, 0.15) is 64.8 Å². The lowest BCUT2D eigenvalue weighted by Crippen LogP contribution is -2.25. The molecular weight excluding hydrogens is 450 g/mol. The van der Waals surface area contributed by atoms with Gasteiger partial charge >= 0.3 is 5.97 Å². The third-order valence-corrected chi connectivity index (χ3v) is 6.60. The van der Waals surface area contributed by atoms with E-state index in [0.717, 1.165) is 23.7 Å². The van der Waals surface area contributed by atoms with Crippen LogP contribution in [0.15, 0.2) is 60.8 Å². The molecule has 2 N–H and O–H groups in total. The van der Waals surface area contributed by atoms with Gasteiger partial charge in [-0.15, -0.1) is 0 Å². The lowest BCUT2D eigenvalue weighted by Gasteiger charge is -2.20. The van der Waals surface area contributed by atoms with Gasteiger partial charge in [-0.05, 0) is 73.2 Å². The van der Waals surface area contributed by atoms with E-state index in [1.54, 1.807) is 12.3 Å². The van der Waals surface area contributed by atoms with Crippen molar-refractivity contribution in [1.29, 1.82) is 0 Å². The molecule has 0 aliphatic heterocycles. The number of rotatable bonds is 9. The van der Waals surface area contributed by atoms with Crippen LogP contribution in [0.4, 0.5) is 0 Å². The summed E-state index contributed by atoms with van der Waals surface area (Å²) in [5.74, 6) is -1.22. The molecular formula is C30H33N3O3. The molecule has 36 heavy (non-hydrogen) atoms. The monoisotopic (exact) mass is 483 g/mol. The molecule has 3 aromatic carbocycles. The first-order valence-electron chi connectivity index (χ1n) is 12.4. The van der Waals surface area contributed by atoms with Crippen molar-refractivity contribution in [3.05, 3.63) is 88.6 Å². The summed E-state index contributed by atoms with van der Waals surface area (Å²) in [5.41, 5.74) is 9.00. The Morgan fingerprint density at radius 1 is 1.00 bits per heavy atom. The third kappa shape index (κ3) is 5.33. The second kappa shape index (κ2) is 10.8. The van der Waals surface area contributed by atoms with Crippen molar-refractivity contribution < 1.29 is 14.7 Å². The van der Waals surface area contributed by atoms with Gasteiger partial charge in [0.25, 0.3) is 5.91 Å². The number of amides is 1. The van der Waals surface area contributed by atoms with Gasteiger partial charge in [0.2, 0.25) is 0 Å². The average molecular weight is 484 g/mol. The van der Waals surface area contributed by atoms with Gasteiger partial charge in [0.15, 0.2) is 0 Å². The minimum atomic E-state index is -0.939. The molecule has 4 aromatic rings. The molecule has 0 aliphatic rings. The predicted molar refractivity (Wildman–Crippen MR) is 143 cm³/mol. The fraction of sp³-hybridized carbons (Fsp3) is 0.300. The number of aromatic nitrogens is 2. The van der Waals surface area contributed by atoms with Gasteiger partial charge in [-0.25, -0.2) is 0 Å². The molecule has 0 aliphatic carbocycles. The van der Waals surface area contributed by atoms with E-state index in [-0.39, 0.29) is 24.9 Å². The van der Waals surface area contributed by atoms with E-state index < -0.39 is 5.97 Å². The molecule has 6 heteroatoms. The number of carboxylic acid groups (broad SMARTS) is 1. The topological polar surface area (TPSA) is 84.2 Å². The minimum absolute atomic E-state index is 0.0806. The first-order chi connectivity index (χ1) is 17.3. The van der Waals surface area contributed by atoms with Gasteiger partial charge in [0.05, 0.1) is 24.2 Å². The summed E-state index contributed by atoms with van der Waals surface area (Å²) in [6.07, 6.45) is 3.63. The highest BCUT2D eigenvalue weighted by atomic mass is 16.4. The van der Waals surface area contributed by atoms with Crippen LogP contribution in [-0.2, 0) is 4.79 Å². The van der Waals surface area contributed by atoms with Crippen molar-refractivity contribution in [2.45, 2.75) is 53.0 Å². The second-order valence-corrected chi connectivity index (χ2v) is 9.46. The van der Waals surface area contributed by atoms with Crippen molar-refractivity contribution in [1.82, 2.24) is 15.1 Å². The highest BCUT2D eigenvalue weighted by Gasteiger charge is 2.18. The van der Waals surface area contributed by atoms with Crippen LogP contribution in [0.2, 0.25) is 0 Å². The third-order valence-electron chi connectivity index (χ3n) is 6.60. The summed E-state index contributed by atoms with van der Waals surface area (Å²) >= 11 is 0. The van der Waals surface area contributed by atoms with Gasteiger partial charge in [-0.2, -0.15) is 5.10 Å². The molecule has 0 saturated carbocycles. The van der Waals surface area contributed by atoms with Crippen LogP contribution in [-0.4, -0.2) is 33.3 Å². The Hall–Kier alpha value is -3.93. The zero-order valence-electron chi connectivity index (χ0n) is 21.3. The van der Waals surface area contributed by atoms with Gasteiger partial charge < -0.3 is 10.4 Å². The molecule has 1 amide bonds. The van der Waals surface area contributed by atoms with Crippen LogP contribution in [0.25, 0.3) is 22.0 Å². The maximum absolute atomic E-state index is 12.4. The van der Waals surface area contributed by atoms with Gasteiger partial charge in [0, 0.05) is 17.5 Å². The molecule has 6 nitrogen and oxygen atoms in total. The van der Waals surface area contributed by atoms with E-state index in [4.69, 9.17) is 10.2 Å².